The number of nitrogens with one attached hydrogen (secondary N) is 1. The molecule has 100 valence electrons. The van der Waals surface area contributed by atoms with Gasteiger partial charge in [0.05, 0.1) is 6.61 Å². The normalized spacial score (nSPS) is 19.1. The van der Waals surface area contributed by atoms with Gasteiger partial charge in [0.15, 0.2) is 0 Å². The highest BCUT2D eigenvalue weighted by Gasteiger charge is 2.14. The van der Waals surface area contributed by atoms with E-state index in [1.54, 1.807) is 0 Å². The molecule has 1 saturated heterocycles. The van der Waals surface area contributed by atoms with E-state index in [1.807, 2.05) is 6.07 Å². The first-order valence-corrected chi connectivity index (χ1v) is 6.74. The maximum Gasteiger partial charge on any atom is 0.119 e. The van der Waals surface area contributed by atoms with E-state index >= 15 is 0 Å². The molecule has 0 aromatic heterocycles. The van der Waals surface area contributed by atoms with Crippen LogP contribution >= 0.6 is 0 Å². The van der Waals surface area contributed by atoms with Gasteiger partial charge < -0.3 is 14.8 Å². The predicted molar refractivity (Wildman–Crippen MR) is 73.2 cm³/mol. The van der Waals surface area contributed by atoms with Gasteiger partial charge in [-0.1, -0.05) is 6.07 Å². The molecule has 1 N–H and O–H groups in total. The molecule has 1 fully saturated rings. The summed E-state index contributed by atoms with van der Waals surface area (Å²) in [6, 6.07) is 6.24. The highest BCUT2D eigenvalue weighted by Crippen LogP contribution is 2.16. The molecule has 3 heteroatoms. The van der Waals surface area contributed by atoms with Crippen LogP contribution in [0.25, 0.3) is 0 Å². The zero-order valence-electron chi connectivity index (χ0n) is 11.4. The van der Waals surface area contributed by atoms with Crippen molar-refractivity contribution in [2.45, 2.75) is 20.3 Å². The second-order valence-corrected chi connectivity index (χ2v) is 5.03. The Balaban J connectivity index is 1.61. The van der Waals surface area contributed by atoms with Crippen LogP contribution in [0.1, 0.15) is 17.5 Å². The minimum atomic E-state index is 0.687. The largest absolute Gasteiger partial charge is 0.492 e. The van der Waals surface area contributed by atoms with Crippen molar-refractivity contribution in [3.63, 3.8) is 0 Å². The molecule has 0 radical (unpaired) electrons. The van der Waals surface area contributed by atoms with Gasteiger partial charge in [-0.25, -0.2) is 0 Å². The minimum absolute atomic E-state index is 0.687. The lowest BCUT2D eigenvalue weighted by Gasteiger charge is -2.11. The van der Waals surface area contributed by atoms with Crippen molar-refractivity contribution in [3.8, 4) is 5.75 Å². The summed E-state index contributed by atoms with van der Waals surface area (Å²) in [4.78, 5) is 0. The Bertz CT molecular complexity index is 373. The standard InChI is InChI=1S/C15H23NO2/c1-12-3-4-15(9-13(12)2)18-8-6-16-10-14-5-7-17-11-14/h3-4,9,14,16H,5-8,10-11H2,1-2H3. The van der Waals surface area contributed by atoms with Gasteiger partial charge in [-0.15, -0.1) is 0 Å². The molecular formula is C15H23NO2. The Morgan fingerprint density at radius 2 is 2.22 bits per heavy atom. The van der Waals surface area contributed by atoms with E-state index in [2.05, 4.69) is 31.3 Å². The summed E-state index contributed by atoms with van der Waals surface area (Å²) in [5.74, 6) is 1.65. The van der Waals surface area contributed by atoms with Crippen molar-refractivity contribution in [2.24, 2.45) is 5.92 Å². The number of aryl methyl sites for hydroxylation is 2. The van der Waals surface area contributed by atoms with Crippen molar-refractivity contribution in [1.29, 1.82) is 0 Å². The molecule has 1 aliphatic rings. The first kappa shape index (κ1) is 13.4. The molecule has 18 heavy (non-hydrogen) atoms. The lowest BCUT2D eigenvalue weighted by molar-refractivity contribution is 0.185. The third-order valence-electron chi connectivity index (χ3n) is 3.48. The molecule has 0 bridgehead atoms. The summed E-state index contributed by atoms with van der Waals surface area (Å²) in [6.45, 7) is 8.71. The number of ether oxygens (including phenoxy) is 2. The van der Waals surface area contributed by atoms with E-state index in [0.29, 0.717) is 5.92 Å². The van der Waals surface area contributed by atoms with Gasteiger partial charge in [0, 0.05) is 19.7 Å². The fraction of sp³-hybridized carbons (Fsp3) is 0.600. The lowest BCUT2D eigenvalue weighted by atomic mass is 10.1. The molecule has 0 amide bonds. The van der Waals surface area contributed by atoms with Crippen molar-refractivity contribution in [3.05, 3.63) is 29.3 Å². The number of hydrogen-bond donors (Lipinski definition) is 1. The number of rotatable bonds is 6. The third-order valence-corrected chi connectivity index (χ3v) is 3.48. The lowest BCUT2D eigenvalue weighted by Crippen LogP contribution is -2.27. The van der Waals surface area contributed by atoms with Gasteiger partial charge in [-0.05, 0) is 49.4 Å². The first-order chi connectivity index (χ1) is 8.75. The first-order valence-electron chi connectivity index (χ1n) is 6.74. The van der Waals surface area contributed by atoms with E-state index in [4.69, 9.17) is 9.47 Å². The summed E-state index contributed by atoms with van der Waals surface area (Å²) in [5, 5.41) is 3.42. The maximum atomic E-state index is 5.71. The Labute approximate surface area is 109 Å². The average molecular weight is 249 g/mol. The third kappa shape index (κ3) is 4.00. The molecule has 3 nitrogen and oxygen atoms in total. The molecule has 0 saturated carbocycles. The van der Waals surface area contributed by atoms with Crippen LogP contribution in [-0.4, -0.2) is 32.9 Å². The van der Waals surface area contributed by atoms with Gasteiger partial charge in [0.25, 0.3) is 0 Å². The van der Waals surface area contributed by atoms with Crippen LogP contribution in [0.15, 0.2) is 18.2 Å². The van der Waals surface area contributed by atoms with E-state index < -0.39 is 0 Å². The summed E-state index contributed by atoms with van der Waals surface area (Å²) >= 11 is 0. The van der Waals surface area contributed by atoms with E-state index in [-0.39, 0.29) is 0 Å². The quantitative estimate of drug-likeness (QED) is 0.785. The molecule has 0 aliphatic carbocycles. The van der Waals surface area contributed by atoms with Crippen molar-refractivity contribution >= 4 is 0 Å². The summed E-state index contributed by atoms with van der Waals surface area (Å²) in [7, 11) is 0. The van der Waals surface area contributed by atoms with Crippen LogP contribution in [0.5, 0.6) is 5.75 Å². The van der Waals surface area contributed by atoms with Crippen LogP contribution in [0.2, 0.25) is 0 Å². The number of benzene rings is 1. The number of hydrogen-bond acceptors (Lipinski definition) is 3. The fourth-order valence-electron chi connectivity index (χ4n) is 2.10. The monoisotopic (exact) mass is 249 g/mol. The zero-order chi connectivity index (χ0) is 12.8. The molecule has 1 atom stereocenters. The molecular weight excluding hydrogens is 226 g/mol. The predicted octanol–water partition coefficient (Wildman–Crippen LogP) is 2.31. The van der Waals surface area contributed by atoms with Crippen molar-refractivity contribution in [1.82, 2.24) is 5.32 Å². The molecule has 1 aliphatic heterocycles. The molecule has 1 heterocycles. The van der Waals surface area contributed by atoms with Crippen LogP contribution in [0, 0.1) is 19.8 Å². The minimum Gasteiger partial charge on any atom is -0.492 e. The zero-order valence-corrected chi connectivity index (χ0v) is 11.4. The van der Waals surface area contributed by atoms with E-state index in [1.165, 1.54) is 17.5 Å². The van der Waals surface area contributed by atoms with E-state index in [0.717, 1.165) is 38.7 Å². The van der Waals surface area contributed by atoms with Gasteiger partial charge in [-0.2, -0.15) is 0 Å². The van der Waals surface area contributed by atoms with E-state index in [9.17, 15) is 0 Å². The highest BCUT2D eigenvalue weighted by atomic mass is 16.5. The second-order valence-electron chi connectivity index (χ2n) is 5.03. The average Bonchev–Trinajstić information content (AvgIpc) is 2.86. The summed E-state index contributed by atoms with van der Waals surface area (Å²) < 4.78 is 11.0. The molecule has 0 spiro atoms. The summed E-state index contributed by atoms with van der Waals surface area (Å²) in [6.07, 6.45) is 1.19. The Morgan fingerprint density at radius 3 is 2.94 bits per heavy atom. The van der Waals surface area contributed by atoms with Gasteiger partial charge in [0.1, 0.15) is 12.4 Å². The Kier molecular flexibility index (Phi) is 5.02. The summed E-state index contributed by atoms with van der Waals surface area (Å²) in [5.41, 5.74) is 2.59. The van der Waals surface area contributed by atoms with Gasteiger partial charge >= 0.3 is 0 Å². The Hall–Kier alpha value is -1.06. The smallest absolute Gasteiger partial charge is 0.119 e. The molecule has 1 unspecified atom stereocenters. The SMILES string of the molecule is Cc1ccc(OCCNCC2CCOC2)cc1C. The topological polar surface area (TPSA) is 30.5 Å². The van der Waals surface area contributed by atoms with Crippen molar-refractivity contribution < 1.29 is 9.47 Å². The second kappa shape index (κ2) is 6.76. The highest BCUT2D eigenvalue weighted by molar-refractivity contribution is 5.33. The molecule has 2 rings (SSSR count). The fourth-order valence-corrected chi connectivity index (χ4v) is 2.10. The molecule has 1 aromatic carbocycles. The molecule has 1 aromatic rings. The van der Waals surface area contributed by atoms with Crippen LogP contribution < -0.4 is 10.1 Å². The van der Waals surface area contributed by atoms with Gasteiger partial charge in [-0.3, -0.25) is 0 Å². The van der Waals surface area contributed by atoms with Crippen molar-refractivity contribution in [2.75, 3.05) is 32.9 Å². The van der Waals surface area contributed by atoms with Gasteiger partial charge in [0.2, 0.25) is 0 Å². The van der Waals surface area contributed by atoms with Crippen LogP contribution in [0.4, 0.5) is 0 Å². The maximum absolute atomic E-state index is 5.71. The Morgan fingerprint density at radius 1 is 1.33 bits per heavy atom. The van der Waals surface area contributed by atoms with Crippen LogP contribution in [0.3, 0.4) is 0 Å². The van der Waals surface area contributed by atoms with Crippen LogP contribution in [-0.2, 0) is 4.74 Å².